The normalized spacial score (nSPS) is 11.6. The Balaban J connectivity index is 2.77. The number of carbonyl (C=O) groups excluding carboxylic acids is 1. The molecule has 0 aromatic heterocycles. The van der Waals surface area contributed by atoms with Crippen LogP contribution in [0.2, 0.25) is 0 Å². The fraction of sp³-hybridized carbons (Fsp3) is 0.333. The first-order valence-electron chi connectivity index (χ1n) is 6.03. The third-order valence-corrected chi connectivity index (χ3v) is 2.81. The number of nitrogens with one attached hydrogen (secondary N) is 1. The molecule has 0 radical (unpaired) electrons. The molecular formula is C15H19NO3. The maximum Gasteiger partial charge on any atom is 0.328 e. The molecule has 1 aromatic rings. The molecule has 0 heterocycles. The van der Waals surface area contributed by atoms with Crippen molar-refractivity contribution in [2.24, 2.45) is 0 Å². The molecule has 0 unspecified atom stereocenters. The van der Waals surface area contributed by atoms with Gasteiger partial charge in [0.05, 0.1) is 0 Å². The fourth-order valence-electron chi connectivity index (χ4n) is 1.58. The number of carboxylic acid groups (broad SMARTS) is 1. The van der Waals surface area contributed by atoms with Crippen molar-refractivity contribution in [1.82, 2.24) is 5.32 Å². The Kier molecular flexibility index (Phi) is 4.48. The largest absolute Gasteiger partial charge is 0.480 e. The first-order valence-corrected chi connectivity index (χ1v) is 6.03. The molecule has 0 saturated carbocycles. The van der Waals surface area contributed by atoms with Gasteiger partial charge in [-0.1, -0.05) is 23.8 Å². The number of aliphatic carboxylic acids is 1. The molecule has 0 fully saturated rings. The lowest BCUT2D eigenvalue weighted by molar-refractivity contribution is -0.145. The van der Waals surface area contributed by atoms with Crippen molar-refractivity contribution in [3.8, 4) is 0 Å². The minimum atomic E-state index is -1.27. The third kappa shape index (κ3) is 4.25. The predicted molar refractivity (Wildman–Crippen MR) is 74.8 cm³/mol. The van der Waals surface area contributed by atoms with Crippen molar-refractivity contribution in [3.05, 3.63) is 41.0 Å². The van der Waals surface area contributed by atoms with E-state index in [0.29, 0.717) is 0 Å². The molecule has 4 nitrogen and oxygen atoms in total. The molecule has 2 N–H and O–H groups in total. The summed E-state index contributed by atoms with van der Waals surface area (Å²) in [7, 11) is 0. The molecule has 19 heavy (non-hydrogen) atoms. The topological polar surface area (TPSA) is 66.4 Å². The molecule has 0 saturated heterocycles. The fourth-order valence-corrected chi connectivity index (χ4v) is 1.58. The highest BCUT2D eigenvalue weighted by atomic mass is 16.4. The number of hydrogen-bond acceptors (Lipinski definition) is 2. The van der Waals surface area contributed by atoms with Gasteiger partial charge in [0.15, 0.2) is 0 Å². The highest BCUT2D eigenvalue weighted by Crippen LogP contribution is 2.12. The summed E-state index contributed by atoms with van der Waals surface area (Å²) in [5.41, 5.74) is 1.89. The van der Waals surface area contributed by atoms with Gasteiger partial charge >= 0.3 is 5.97 Å². The highest BCUT2D eigenvalue weighted by molar-refractivity contribution is 5.95. The molecule has 4 heteroatoms. The van der Waals surface area contributed by atoms with Crippen LogP contribution in [0.3, 0.4) is 0 Å². The van der Waals surface area contributed by atoms with E-state index in [2.05, 4.69) is 5.32 Å². The van der Waals surface area contributed by atoms with Gasteiger partial charge in [0.25, 0.3) is 0 Å². The molecule has 1 aromatic carbocycles. The van der Waals surface area contributed by atoms with Crippen LogP contribution in [-0.2, 0) is 9.59 Å². The van der Waals surface area contributed by atoms with Crippen LogP contribution in [0.4, 0.5) is 0 Å². The zero-order valence-electron chi connectivity index (χ0n) is 11.7. The lowest BCUT2D eigenvalue weighted by atomic mass is 10.0. The van der Waals surface area contributed by atoms with E-state index in [-0.39, 0.29) is 0 Å². The second-order valence-electron chi connectivity index (χ2n) is 5.11. The number of hydrogen-bond donors (Lipinski definition) is 2. The number of rotatable bonds is 4. The van der Waals surface area contributed by atoms with E-state index >= 15 is 0 Å². The van der Waals surface area contributed by atoms with E-state index < -0.39 is 17.4 Å². The summed E-state index contributed by atoms with van der Waals surface area (Å²) in [6.07, 6.45) is 3.03. The van der Waals surface area contributed by atoms with Crippen molar-refractivity contribution >= 4 is 18.0 Å². The number of amides is 1. The first kappa shape index (κ1) is 15.0. The molecule has 0 aliphatic rings. The Hall–Kier alpha value is -2.10. The van der Waals surface area contributed by atoms with E-state index in [9.17, 15) is 9.59 Å². The molecule has 102 valence electrons. The Bertz CT molecular complexity index is 530. The summed E-state index contributed by atoms with van der Waals surface area (Å²) in [5.74, 6) is -1.49. The van der Waals surface area contributed by atoms with Gasteiger partial charge in [0, 0.05) is 6.08 Å². The smallest absolute Gasteiger partial charge is 0.328 e. The Labute approximate surface area is 113 Å². The molecule has 0 atom stereocenters. The van der Waals surface area contributed by atoms with Gasteiger partial charge in [0.2, 0.25) is 5.91 Å². The number of carboxylic acids is 1. The minimum absolute atomic E-state index is 0.424. The van der Waals surface area contributed by atoms with Crippen LogP contribution in [-0.4, -0.2) is 22.5 Å². The summed E-state index contributed by atoms with van der Waals surface area (Å²) in [6.45, 7) is 6.85. The number of carbonyl (C=O) groups is 2. The van der Waals surface area contributed by atoms with Crippen LogP contribution in [0, 0.1) is 13.8 Å². The second-order valence-corrected chi connectivity index (χ2v) is 5.11. The standard InChI is InChI=1S/C15H19NO3/c1-10-5-6-12(11(2)9-10)7-8-13(17)16-15(3,4)14(18)19/h5-9H,1-4H3,(H,16,17)(H,18,19). The number of benzene rings is 1. The van der Waals surface area contributed by atoms with E-state index in [4.69, 9.17) is 5.11 Å². The monoisotopic (exact) mass is 261 g/mol. The molecular weight excluding hydrogens is 242 g/mol. The minimum Gasteiger partial charge on any atom is -0.480 e. The van der Waals surface area contributed by atoms with Gasteiger partial charge in [-0.2, -0.15) is 0 Å². The van der Waals surface area contributed by atoms with E-state index in [1.54, 1.807) is 6.08 Å². The van der Waals surface area contributed by atoms with Crippen LogP contribution in [0.1, 0.15) is 30.5 Å². The lowest BCUT2D eigenvalue weighted by Gasteiger charge is -2.19. The van der Waals surface area contributed by atoms with Gasteiger partial charge in [-0.05, 0) is 44.9 Å². The van der Waals surface area contributed by atoms with Crippen LogP contribution in [0.5, 0.6) is 0 Å². The summed E-state index contributed by atoms with van der Waals surface area (Å²) >= 11 is 0. The highest BCUT2D eigenvalue weighted by Gasteiger charge is 2.27. The van der Waals surface area contributed by atoms with E-state index in [1.807, 2.05) is 32.0 Å². The SMILES string of the molecule is Cc1ccc(C=CC(=O)NC(C)(C)C(=O)O)c(C)c1. The van der Waals surface area contributed by atoms with Crippen LogP contribution >= 0.6 is 0 Å². The lowest BCUT2D eigenvalue weighted by Crippen LogP contribution is -2.49. The van der Waals surface area contributed by atoms with Crippen molar-refractivity contribution in [1.29, 1.82) is 0 Å². The van der Waals surface area contributed by atoms with Crippen molar-refractivity contribution in [2.75, 3.05) is 0 Å². The molecule has 0 spiro atoms. The molecule has 1 rings (SSSR count). The molecule has 0 aliphatic heterocycles. The maximum atomic E-state index is 11.7. The molecule has 0 aliphatic carbocycles. The van der Waals surface area contributed by atoms with Crippen molar-refractivity contribution in [2.45, 2.75) is 33.2 Å². The van der Waals surface area contributed by atoms with E-state index in [0.717, 1.165) is 16.7 Å². The van der Waals surface area contributed by atoms with Gasteiger partial charge in [-0.3, -0.25) is 4.79 Å². The van der Waals surface area contributed by atoms with Crippen LogP contribution in [0.15, 0.2) is 24.3 Å². The molecule has 0 bridgehead atoms. The zero-order chi connectivity index (χ0) is 14.6. The second kappa shape index (κ2) is 5.69. The summed E-state index contributed by atoms with van der Waals surface area (Å²) in [6, 6.07) is 5.92. The Morgan fingerprint density at radius 2 is 1.89 bits per heavy atom. The Morgan fingerprint density at radius 1 is 1.26 bits per heavy atom. The van der Waals surface area contributed by atoms with Crippen molar-refractivity contribution in [3.63, 3.8) is 0 Å². The Morgan fingerprint density at radius 3 is 2.42 bits per heavy atom. The quantitative estimate of drug-likeness (QED) is 0.817. The summed E-state index contributed by atoms with van der Waals surface area (Å²) < 4.78 is 0. The predicted octanol–water partition coefficient (Wildman–Crippen LogP) is 2.30. The van der Waals surface area contributed by atoms with Gasteiger partial charge in [-0.25, -0.2) is 4.79 Å². The first-order chi connectivity index (χ1) is 8.72. The zero-order valence-corrected chi connectivity index (χ0v) is 11.7. The molecule has 1 amide bonds. The van der Waals surface area contributed by atoms with Crippen molar-refractivity contribution < 1.29 is 14.7 Å². The number of aryl methyl sites for hydroxylation is 2. The maximum absolute atomic E-state index is 11.7. The summed E-state index contributed by atoms with van der Waals surface area (Å²) in [4.78, 5) is 22.5. The van der Waals surface area contributed by atoms with Crippen LogP contribution < -0.4 is 5.32 Å². The third-order valence-electron chi connectivity index (χ3n) is 2.81. The average molecular weight is 261 g/mol. The van der Waals surface area contributed by atoms with Crippen LogP contribution in [0.25, 0.3) is 6.08 Å². The van der Waals surface area contributed by atoms with Gasteiger partial charge in [0.1, 0.15) is 5.54 Å². The average Bonchev–Trinajstić information content (AvgIpc) is 2.27. The van der Waals surface area contributed by atoms with Gasteiger partial charge in [-0.15, -0.1) is 0 Å². The van der Waals surface area contributed by atoms with Gasteiger partial charge < -0.3 is 10.4 Å². The summed E-state index contributed by atoms with van der Waals surface area (Å²) in [5, 5.41) is 11.3. The van der Waals surface area contributed by atoms with E-state index in [1.165, 1.54) is 19.9 Å².